The van der Waals surface area contributed by atoms with Crippen molar-refractivity contribution in [2.75, 3.05) is 9.80 Å². The molecule has 2 nitrogen and oxygen atoms in total. The molecular formula is C54H39BN2Si. The standard InChI is InChI=1S/C54H39BN2Si/c1-6-19-42(20-7-1)56(43-21-8-2-9-22-43)45-36-33-40(34-37-45)41-35-38-48-51(39-41)57(44-23-10-3-11-24-44)50-30-18-32-53-54(50)55(48)49-29-16-17-31-52(49)58(53,46-25-12-4-13-26-46)47-27-14-5-15-28-47/h1-39H. The molecule has 11 rings (SSSR count). The number of fused-ring (bicyclic) bond motifs is 4. The highest BCUT2D eigenvalue weighted by Crippen LogP contribution is 2.40. The van der Waals surface area contributed by atoms with Gasteiger partial charge in [0.1, 0.15) is 0 Å². The van der Waals surface area contributed by atoms with Crippen LogP contribution in [0.15, 0.2) is 237 Å². The van der Waals surface area contributed by atoms with Crippen LogP contribution in [0, 0.1) is 0 Å². The van der Waals surface area contributed by atoms with Gasteiger partial charge in [-0.3, -0.25) is 0 Å². The van der Waals surface area contributed by atoms with Crippen LogP contribution in [0.2, 0.25) is 0 Å². The fraction of sp³-hybridized carbons (Fsp3) is 0. The predicted octanol–water partition coefficient (Wildman–Crippen LogP) is 8.81. The van der Waals surface area contributed by atoms with Gasteiger partial charge in [0.25, 0.3) is 0 Å². The zero-order chi connectivity index (χ0) is 38.5. The maximum atomic E-state index is 2.53. The van der Waals surface area contributed by atoms with Gasteiger partial charge in [-0.25, -0.2) is 0 Å². The molecule has 9 aromatic rings. The Labute approximate surface area is 342 Å². The maximum Gasteiger partial charge on any atom is 0.246 e. The second-order valence-electron chi connectivity index (χ2n) is 15.2. The summed E-state index contributed by atoms with van der Waals surface area (Å²) in [7, 11) is -2.74. The first kappa shape index (κ1) is 34.1. The van der Waals surface area contributed by atoms with Crippen LogP contribution in [0.4, 0.5) is 34.1 Å². The summed E-state index contributed by atoms with van der Waals surface area (Å²) in [4.78, 5) is 4.84. The third-order valence-electron chi connectivity index (χ3n) is 12.2. The number of nitrogens with zero attached hydrogens (tertiary/aromatic N) is 2. The van der Waals surface area contributed by atoms with Crippen molar-refractivity contribution < 1.29 is 0 Å². The van der Waals surface area contributed by atoms with Crippen LogP contribution in [-0.2, 0) is 0 Å². The van der Waals surface area contributed by atoms with E-state index in [4.69, 9.17) is 0 Å². The van der Waals surface area contributed by atoms with Gasteiger partial charge in [-0.1, -0.05) is 181 Å². The quantitative estimate of drug-likeness (QED) is 0.150. The molecule has 2 aliphatic rings. The summed E-state index contributed by atoms with van der Waals surface area (Å²) < 4.78 is 0. The first-order valence-corrected chi connectivity index (χ1v) is 22.1. The second-order valence-corrected chi connectivity index (χ2v) is 19.0. The number of para-hydroxylation sites is 3. The maximum absolute atomic E-state index is 2.74. The monoisotopic (exact) mass is 754 g/mol. The van der Waals surface area contributed by atoms with Gasteiger partial charge in [0, 0.05) is 34.1 Å². The molecule has 0 N–H and O–H groups in total. The van der Waals surface area contributed by atoms with Crippen molar-refractivity contribution in [1.82, 2.24) is 0 Å². The van der Waals surface area contributed by atoms with Gasteiger partial charge in [-0.2, -0.15) is 0 Å². The SMILES string of the molecule is c1ccc(N(c2ccccc2)c2ccc(-c3ccc4c(c3)N(c3ccccc3)c3cccc5c3B4c3ccccc3[Si]5(c3ccccc3)c3ccccc3)cc2)cc1. The third kappa shape index (κ3) is 5.33. The average Bonchev–Trinajstić information content (AvgIpc) is 3.31. The largest absolute Gasteiger partial charge is 0.312 e. The van der Waals surface area contributed by atoms with Crippen LogP contribution in [0.3, 0.4) is 0 Å². The first-order valence-electron chi connectivity index (χ1n) is 20.1. The average molecular weight is 755 g/mol. The fourth-order valence-corrected chi connectivity index (χ4v) is 15.1. The summed E-state index contributed by atoms with van der Waals surface area (Å²) in [5, 5.41) is 5.77. The molecule has 0 amide bonds. The van der Waals surface area contributed by atoms with Crippen molar-refractivity contribution >= 4 is 86.0 Å². The number of hydrogen-bond donors (Lipinski definition) is 0. The van der Waals surface area contributed by atoms with Crippen molar-refractivity contribution in [3.63, 3.8) is 0 Å². The second kappa shape index (κ2) is 14.1. The Morgan fingerprint density at radius 2 is 0.862 bits per heavy atom. The Balaban J connectivity index is 1.11. The summed E-state index contributed by atoms with van der Waals surface area (Å²) >= 11 is 0. The van der Waals surface area contributed by atoms with Gasteiger partial charge in [0.2, 0.25) is 6.71 Å². The van der Waals surface area contributed by atoms with Crippen molar-refractivity contribution in [2.45, 2.75) is 0 Å². The van der Waals surface area contributed by atoms with E-state index in [9.17, 15) is 0 Å². The molecule has 2 heterocycles. The van der Waals surface area contributed by atoms with Crippen molar-refractivity contribution in [3.8, 4) is 11.1 Å². The molecule has 0 spiro atoms. The predicted molar refractivity (Wildman–Crippen MR) is 250 cm³/mol. The Morgan fingerprint density at radius 3 is 1.48 bits per heavy atom. The molecule has 4 heteroatoms. The molecule has 0 saturated heterocycles. The van der Waals surface area contributed by atoms with E-state index >= 15 is 0 Å². The van der Waals surface area contributed by atoms with Gasteiger partial charge < -0.3 is 9.80 Å². The van der Waals surface area contributed by atoms with Crippen molar-refractivity contribution in [3.05, 3.63) is 237 Å². The summed E-state index contributed by atoms with van der Waals surface area (Å²) in [6, 6.07) is 87.5. The first-order chi connectivity index (χ1) is 28.8. The summed E-state index contributed by atoms with van der Waals surface area (Å²) in [5.74, 6) is 0. The molecule has 0 aliphatic carbocycles. The Morgan fingerprint density at radius 1 is 0.362 bits per heavy atom. The zero-order valence-corrected chi connectivity index (χ0v) is 33.0. The van der Waals surface area contributed by atoms with Crippen LogP contribution in [-0.4, -0.2) is 14.8 Å². The lowest BCUT2D eigenvalue weighted by molar-refractivity contribution is 1.28. The molecule has 2 aliphatic heterocycles. The Hall–Kier alpha value is -7.14. The fourth-order valence-electron chi connectivity index (χ4n) is 9.81. The van der Waals surface area contributed by atoms with Crippen LogP contribution in [0.5, 0.6) is 0 Å². The van der Waals surface area contributed by atoms with Crippen LogP contribution < -0.4 is 46.9 Å². The van der Waals surface area contributed by atoms with E-state index in [-0.39, 0.29) is 6.71 Å². The highest BCUT2D eigenvalue weighted by molar-refractivity contribution is 7.26. The lowest BCUT2D eigenvalue weighted by atomic mass is 9.34. The van der Waals surface area contributed by atoms with E-state index < -0.39 is 8.07 Å². The lowest BCUT2D eigenvalue weighted by Gasteiger charge is -2.47. The number of rotatable bonds is 7. The molecule has 9 aromatic carbocycles. The van der Waals surface area contributed by atoms with E-state index in [2.05, 4.69) is 246 Å². The minimum Gasteiger partial charge on any atom is -0.312 e. The van der Waals surface area contributed by atoms with Crippen LogP contribution >= 0.6 is 0 Å². The number of benzene rings is 9. The van der Waals surface area contributed by atoms with E-state index in [1.807, 2.05) is 0 Å². The molecule has 272 valence electrons. The van der Waals surface area contributed by atoms with Gasteiger partial charge >= 0.3 is 0 Å². The van der Waals surface area contributed by atoms with Gasteiger partial charge in [-0.15, -0.1) is 0 Å². The summed E-state index contributed by atoms with van der Waals surface area (Å²) in [6.07, 6.45) is 0. The molecule has 58 heavy (non-hydrogen) atoms. The summed E-state index contributed by atoms with van der Waals surface area (Å²) in [6.45, 7) is 0.0899. The third-order valence-corrected chi connectivity index (χ3v) is 17.1. The molecule has 0 bridgehead atoms. The van der Waals surface area contributed by atoms with Crippen LogP contribution in [0.25, 0.3) is 11.1 Å². The van der Waals surface area contributed by atoms with Crippen molar-refractivity contribution in [1.29, 1.82) is 0 Å². The lowest BCUT2D eigenvalue weighted by Crippen LogP contribution is -2.87. The molecule has 0 atom stereocenters. The smallest absolute Gasteiger partial charge is 0.246 e. The highest BCUT2D eigenvalue weighted by Gasteiger charge is 2.52. The Kier molecular flexibility index (Phi) is 8.30. The Bertz CT molecular complexity index is 2810. The molecule has 0 unspecified atom stereocenters. The number of hydrogen-bond acceptors (Lipinski definition) is 2. The minimum atomic E-state index is -2.74. The van der Waals surface area contributed by atoms with E-state index in [1.165, 1.54) is 59.6 Å². The highest BCUT2D eigenvalue weighted by atomic mass is 28.3. The molecule has 0 radical (unpaired) electrons. The molecular weight excluding hydrogens is 716 g/mol. The topological polar surface area (TPSA) is 6.48 Å². The molecule has 0 fully saturated rings. The van der Waals surface area contributed by atoms with E-state index in [0.717, 1.165) is 22.7 Å². The summed E-state index contributed by atoms with van der Waals surface area (Å²) in [5.41, 5.74) is 13.6. The van der Waals surface area contributed by atoms with Crippen molar-refractivity contribution in [2.24, 2.45) is 0 Å². The van der Waals surface area contributed by atoms with Crippen LogP contribution in [0.1, 0.15) is 0 Å². The molecule has 0 saturated carbocycles. The van der Waals surface area contributed by atoms with Gasteiger partial charge in [-0.05, 0) is 103 Å². The normalized spacial score (nSPS) is 13.2. The van der Waals surface area contributed by atoms with E-state index in [1.54, 1.807) is 0 Å². The molecule has 0 aromatic heterocycles. The van der Waals surface area contributed by atoms with E-state index in [0.29, 0.717) is 0 Å². The minimum absolute atomic E-state index is 0.0899. The van der Waals surface area contributed by atoms with Gasteiger partial charge in [0.05, 0.1) is 0 Å². The van der Waals surface area contributed by atoms with Gasteiger partial charge in [0.15, 0.2) is 8.07 Å². The zero-order valence-electron chi connectivity index (χ0n) is 32.0. The number of anilines is 6.